The van der Waals surface area contributed by atoms with Gasteiger partial charge in [-0.2, -0.15) is 5.10 Å². The van der Waals surface area contributed by atoms with Crippen molar-refractivity contribution in [1.82, 2.24) is 20.5 Å². The van der Waals surface area contributed by atoms with Gasteiger partial charge < -0.3 is 9.84 Å². The second kappa shape index (κ2) is 8.03. The fourth-order valence-corrected chi connectivity index (χ4v) is 3.83. The summed E-state index contributed by atoms with van der Waals surface area (Å²) in [5, 5.41) is 12.4. The molecule has 0 aliphatic heterocycles. The Morgan fingerprint density at radius 1 is 1.31 bits per heavy atom. The lowest BCUT2D eigenvalue weighted by Crippen LogP contribution is -2.44. The molecule has 1 aliphatic rings. The van der Waals surface area contributed by atoms with Crippen LogP contribution < -0.4 is 10.7 Å². The molecule has 1 aliphatic carbocycles. The summed E-state index contributed by atoms with van der Waals surface area (Å²) in [6.45, 7) is 8.25. The van der Waals surface area contributed by atoms with Crippen molar-refractivity contribution in [1.29, 1.82) is 0 Å². The third-order valence-electron chi connectivity index (χ3n) is 5.11. The van der Waals surface area contributed by atoms with Crippen LogP contribution in [0.4, 0.5) is 0 Å². The van der Waals surface area contributed by atoms with Crippen molar-refractivity contribution in [3.05, 3.63) is 34.8 Å². The first-order valence-electron chi connectivity index (χ1n) is 9.18. The lowest BCUT2D eigenvalue weighted by atomic mass is 9.86. The van der Waals surface area contributed by atoms with Gasteiger partial charge in [0.2, 0.25) is 0 Å². The summed E-state index contributed by atoms with van der Waals surface area (Å²) in [4.78, 5) is 0. The van der Waals surface area contributed by atoms with E-state index >= 15 is 0 Å². The summed E-state index contributed by atoms with van der Waals surface area (Å²) in [5.74, 6) is 2.23. The van der Waals surface area contributed by atoms with E-state index < -0.39 is 0 Å². The molecule has 2 aromatic heterocycles. The smallest absolute Gasteiger partial charge is 0.187 e. The lowest BCUT2D eigenvalue weighted by molar-refractivity contribution is 0.308. The number of hydrogen-bond acceptors (Lipinski definition) is 4. The van der Waals surface area contributed by atoms with Gasteiger partial charge in [-0.1, -0.05) is 24.9 Å². The molecule has 140 valence electrons. The summed E-state index contributed by atoms with van der Waals surface area (Å²) in [5.41, 5.74) is 6.10. The van der Waals surface area contributed by atoms with Crippen molar-refractivity contribution in [2.45, 2.75) is 59.4 Å². The second-order valence-corrected chi connectivity index (χ2v) is 7.58. The largest absolute Gasteiger partial charge is 0.360 e. The monoisotopic (exact) mass is 373 g/mol. The highest BCUT2D eigenvalue weighted by molar-refractivity contribution is 7.80. The van der Waals surface area contributed by atoms with E-state index in [-0.39, 0.29) is 0 Å². The molecule has 0 aromatic carbocycles. The van der Waals surface area contributed by atoms with E-state index in [4.69, 9.17) is 16.7 Å². The number of nitrogens with one attached hydrogen (secondary N) is 2. The maximum atomic E-state index is 5.38. The van der Waals surface area contributed by atoms with E-state index in [0.29, 0.717) is 17.1 Å². The van der Waals surface area contributed by atoms with E-state index in [9.17, 15) is 0 Å². The van der Waals surface area contributed by atoms with Gasteiger partial charge in [0, 0.05) is 29.1 Å². The van der Waals surface area contributed by atoms with Crippen molar-refractivity contribution in [3.8, 4) is 5.82 Å². The SMILES string of the molecule is Cc1cc(-n2c(C)cc(/C=N\NC(=S)N[C@H]3CCCC[C@H]3C)c2C)no1. The Labute approximate surface area is 160 Å². The van der Waals surface area contributed by atoms with E-state index in [1.54, 1.807) is 6.21 Å². The first-order chi connectivity index (χ1) is 12.5. The maximum Gasteiger partial charge on any atom is 0.187 e. The molecule has 0 spiro atoms. The molecule has 6 nitrogen and oxygen atoms in total. The number of thiocarbonyl (C=S) groups is 1. The van der Waals surface area contributed by atoms with Gasteiger partial charge >= 0.3 is 0 Å². The maximum absolute atomic E-state index is 5.38. The predicted octanol–water partition coefficient (Wildman–Crippen LogP) is 3.77. The summed E-state index contributed by atoms with van der Waals surface area (Å²) < 4.78 is 7.24. The Bertz CT molecular complexity index is 807. The zero-order valence-corrected chi connectivity index (χ0v) is 16.7. The third-order valence-corrected chi connectivity index (χ3v) is 5.32. The first-order valence-corrected chi connectivity index (χ1v) is 9.58. The molecule has 7 heteroatoms. The van der Waals surface area contributed by atoms with Crippen LogP contribution in [-0.4, -0.2) is 27.1 Å². The number of hydrazone groups is 1. The highest BCUT2D eigenvalue weighted by Gasteiger charge is 2.21. The quantitative estimate of drug-likeness (QED) is 0.485. The molecule has 3 rings (SSSR count). The molecule has 26 heavy (non-hydrogen) atoms. The summed E-state index contributed by atoms with van der Waals surface area (Å²) in [6.07, 6.45) is 6.81. The molecule has 2 N–H and O–H groups in total. The number of hydrogen-bond donors (Lipinski definition) is 2. The van der Waals surface area contributed by atoms with Crippen LogP contribution in [-0.2, 0) is 0 Å². The zero-order chi connectivity index (χ0) is 18.7. The molecule has 0 amide bonds. The van der Waals surface area contributed by atoms with Crippen molar-refractivity contribution in [2.24, 2.45) is 11.0 Å². The Hall–Kier alpha value is -2.15. The van der Waals surface area contributed by atoms with Crippen LogP contribution in [0.1, 0.15) is 55.3 Å². The van der Waals surface area contributed by atoms with Crippen LogP contribution in [0, 0.1) is 26.7 Å². The van der Waals surface area contributed by atoms with Gasteiger partial charge in [0.05, 0.1) is 6.21 Å². The lowest BCUT2D eigenvalue weighted by Gasteiger charge is -2.30. The van der Waals surface area contributed by atoms with Gasteiger partial charge in [-0.05, 0) is 57.8 Å². The normalized spacial score (nSPS) is 20.5. The Balaban J connectivity index is 1.63. The van der Waals surface area contributed by atoms with Gasteiger partial charge in [-0.3, -0.25) is 9.99 Å². The van der Waals surface area contributed by atoms with Crippen molar-refractivity contribution >= 4 is 23.5 Å². The molecular formula is C19H27N5OS. The minimum Gasteiger partial charge on any atom is -0.360 e. The van der Waals surface area contributed by atoms with Crippen LogP contribution in [0.2, 0.25) is 0 Å². The number of aromatic nitrogens is 2. The zero-order valence-electron chi connectivity index (χ0n) is 15.9. The molecule has 2 atom stereocenters. The standard InChI is InChI=1S/C19H27N5OS/c1-12-7-5-6-8-17(12)21-19(26)22-20-11-16-9-13(2)24(15(16)4)18-10-14(3)25-23-18/h9-12,17H,5-8H2,1-4H3,(H2,21,22,26)/b20-11-/t12-,17+/m1/s1. The second-order valence-electron chi connectivity index (χ2n) is 7.17. The molecule has 0 radical (unpaired) electrons. The van der Waals surface area contributed by atoms with Crippen LogP contribution in [0.3, 0.4) is 0 Å². The molecule has 0 bridgehead atoms. The minimum absolute atomic E-state index is 0.444. The van der Waals surface area contributed by atoms with Crippen LogP contribution in [0.5, 0.6) is 0 Å². The fourth-order valence-electron chi connectivity index (χ4n) is 3.62. The highest BCUT2D eigenvalue weighted by Crippen LogP contribution is 2.23. The van der Waals surface area contributed by atoms with E-state index in [1.165, 1.54) is 25.7 Å². The predicted molar refractivity (Wildman–Crippen MR) is 108 cm³/mol. The Kier molecular flexibility index (Phi) is 5.76. The van der Waals surface area contributed by atoms with Gasteiger partial charge in [0.25, 0.3) is 0 Å². The molecule has 2 heterocycles. The van der Waals surface area contributed by atoms with E-state index in [1.807, 2.05) is 26.8 Å². The van der Waals surface area contributed by atoms with E-state index in [2.05, 4.69) is 38.6 Å². The van der Waals surface area contributed by atoms with Crippen molar-refractivity contribution in [2.75, 3.05) is 0 Å². The van der Waals surface area contributed by atoms with Gasteiger partial charge in [0.15, 0.2) is 10.9 Å². The third kappa shape index (κ3) is 4.15. The van der Waals surface area contributed by atoms with Crippen LogP contribution in [0.25, 0.3) is 5.82 Å². The first kappa shape index (κ1) is 18.6. The number of aryl methyl sites for hydroxylation is 2. The molecule has 1 fully saturated rings. The average molecular weight is 374 g/mol. The molecule has 2 aromatic rings. The highest BCUT2D eigenvalue weighted by atomic mass is 32.1. The van der Waals surface area contributed by atoms with E-state index in [0.717, 1.165) is 28.5 Å². The number of nitrogens with zero attached hydrogens (tertiary/aromatic N) is 3. The van der Waals surface area contributed by atoms with Crippen molar-refractivity contribution < 1.29 is 4.52 Å². The van der Waals surface area contributed by atoms with Gasteiger partial charge in [-0.25, -0.2) is 0 Å². The summed E-state index contributed by atoms with van der Waals surface area (Å²) >= 11 is 5.38. The van der Waals surface area contributed by atoms with Crippen molar-refractivity contribution in [3.63, 3.8) is 0 Å². The Morgan fingerprint density at radius 2 is 2.08 bits per heavy atom. The molecule has 0 unspecified atom stereocenters. The molecule has 1 saturated carbocycles. The molecule has 0 saturated heterocycles. The topological polar surface area (TPSA) is 67.4 Å². The van der Waals surface area contributed by atoms with Crippen LogP contribution in [0.15, 0.2) is 21.8 Å². The van der Waals surface area contributed by atoms with Crippen LogP contribution >= 0.6 is 12.2 Å². The number of rotatable bonds is 4. The van der Waals surface area contributed by atoms with Gasteiger partial charge in [-0.15, -0.1) is 0 Å². The average Bonchev–Trinajstić information content (AvgIpc) is 3.13. The summed E-state index contributed by atoms with van der Waals surface area (Å²) in [7, 11) is 0. The summed E-state index contributed by atoms with van der Waals surface area (Å²) in [6, 6.07) is 4.44. The fraction of sp³-hybridized carbons (Fsp3) is 0.526. The Morgan fingerprint density at radius 3 is 2.77 bits per heavy atom. The van der Waals surface area contributed by atoms with Gasteiger partial charge in [0.1, 0.15) is 5.76 Å². The molecular weight excluding hydrogens is 346 g/mol. The minimum atomic E-state index is 0.444.